The van der Waals surface area contributed by atoms with Crippen LogP contribution in [0.25, 0.3) is 22.3 Å². The van der Waals surface area contributed by atoms with E-state index in [1.54, 1.807) is 0 Å². The van der Waals surface area contributed by atoms with Crippen molar-refractivity contribution in [2.24, 2.45) is 12.8 Å². The normalized spacial score (nSPS) is 11.3. The van der Waals surface area contributed by atoms with Gasteiger partial charge in [-0.2, -0.15) is 4.98 Å². The first-order valence-corrected chi connectivity index (χ1v) is 5.84. The minimum Gasteiger partial charge on any atom is -0.349 e. The van der Waals surface area contributed by atoms with Gasteiger partial charge in [-0.25, -0.2) is 0 Å². The number of halogens is 1. The van der Waals surface area contributed by atoms with Gasteiger partial charge in [-0.1, -0.05) is 16.8 Å². The van der Waals surface area contributed by atoms with Gasteiger partial charge in [0.05, 0.1) is 11.6 Å². The lowest BCUT2D eigenvalue weighted by molar-refractivity contribution is 0.380. The molecule has 18 heavy (non-hydrogen) atoms. The second-order valence-corrected chi connectivity index (χ2v) is 4.44. The summed E-state index contributed by atoms with van der Waals surface area (Å²) in [5, 5.41) is 5.56. The van der Waals surface area contributed by atoms with Crippen molar-refractivity contribution in [2.75, 3.05) is 0 Å². The molecule has 0 spiro atoms. The SMILES string of the molecule is Cn1cc(Cl)c2cc(-c3noc(CN)n3)ccc21. The number of aromatic nitrogens is 3. The van der Waals surface area contributed by atoms with Gasteiger partial charge in [0.15, 0.2) is 0 Å². The van der Waals surface area contributed by atoms with Crippen molar-refractivity contribution >= 4 is 22.5 Å². The molecule has 0 fully saturated rings. The minimum absolute atomic E-state index is 0.237. The first-order chi connectivity index (χ1) is 8.69. The summed E-state index contributed by atoms with van der Waals surface area (Å²) in [6, 6.07) is 5.86. The summed E-state index contributed by atoms with van der Waals surface area (Å²) >= 11 is 6.16. The summed E-state index contributed by atoms with van der Waals surface area (Å²) < 4.78 is 6.97. The number of hydrogen-bond donors (Lipinski definition) is 1. The number of nitrogens with zero attached hydrogens (tertiary/aromatic N) is 3. The van der Waals surface area contributed by atoms with Crippen molar-refractivity contribution in [1.82, 2.24) is 14.7 Å². The molecule has 3 rings (SSSR count). The third-order valence-electron chi connectivity index (χ3n) is 2.84. The van der Waals surface area contributed by atoms with E-state index in [4.69, 9.17) is 21.9 Å². The fourth-order valence-corrected chi connectivity index (χ4v) is 2.24. The Morgan fingerprint density at radius 3 is 3.00 bits per heavy atom. The van der Waals surface area contributed by atoms with E-state index in [-0.39, 0.29) is 6.54 Å². The second kappa shape index (κ2) is 4.12. The Balaban J connectivity index is 2.15. The van der Waals surface area contributed by atoms with E-state index < -0.39 is 0 Å². The summed E-state index contributed by atoms with van der Waals surface area (Å²) in [5.41, 5.74) is 7.36. The van der Waals surface area contributed by atoms with Crippen LogP contribution in [0.1, 0.15) is 5.89 Å². The molecule has 0 aliphatic rings. The Bertz CT molecular complexity index is 716. The quantitative estimate of drug-likeness (QED) is 0.770. The first kappa shape index (κ1) is 11.3. The summed E-state index contributed by atoms with van der Waals surface area (Å²) in [6.07, 6.45) is 1.87. The van der Waals surface area contributed by atoms with Gasteiger partial charge in [0.25, 0.3) is 0 Å². The predicted molar refractivity (Wildman–Crippen MR) is 69.1 cm³/mol. The number of aryl methyl sites for hydroxylation is 1. The van der Waals surface area contributed by atoms with E-state index in [0.29, 0.717) is 16.7 Å². The molecule has 1 aromatic carbocycles. The van der Waals surface area contributed by atoms with Crippen molar-refractivity contribution in [3.8, 4) is 11.4 Å². The fraction of sp³-hybridized carbons (Fsp3) is 0.167. The first-order valence-electron chi connectivity index (χ1n) is 5.46. The van der Waals surface area contributed by atoms with Crippen LogP contribution in [0.2, 0.25) is 5.02 Å². The lowest BCUT2D eigenvalue weighted by Crippen LogP contribution is -1.95. The molecular weight excluding hydrogens is 252 g/mol. The average molecular weight is 263 g/mol. The molecule has 0 radical (unpaired) electrons. The molecule has 0 aliphatic heterocycles. The summed E-state index contributed by atoms with van der Waals surface area (Å²) in [6.45, 7) is 0.237. The minimum atomic E-state index is 0.237. The number of benzene rings is 1. The predicted octanol–water partition coefficient (Wildman–Crippen LogP) is 2.34. The van der Waals surface area contributed by atoms with E-state index in [1.807, 2.05) is 36.0 Å². The van der Waals surface area contributed by atoms with Gasteiger partial charge < -0.3 is 14.8 Å². The molecule has 92 valence electrons. The fourth-order valence-electron chi connectivity index (χ4n) is 1.94. The topological polar surface area (TPSA) is 69.9 Å². The van der Waals surface area contributed by atoms with E-state index in [0.717, 1.165) is 16.5 Å². The lowest BCUT2D eigenvalue weighted by Gasteiger charge is -1.98. The van der Waals surface area contributed by atoms with Gasteiger partial charge in [0, 0.05) is 29.7 Å². The number of rotatable bonds is 2. The van der Waals surface area contributed by atoms with Gasteiger partial charge in [-0.05, 0) is 18.2 Å². The van der Waals surface area contributed by atoms with Crippen LogP contribution in [0.3, 0.4) is 0 Å². The van der Waals surface area contributed by atoms with Crippen LogP contribution in [0.5, 0.6) is 0 Å². The van der Waals surface area contributed by atoms with E-state index in [2.05, 4.69) is 10.1 Å². The maximum atomic E-state index is 6.16. The van der Waals surface area contributed by atoms with Crippen LogP contribution >= 0.6 is 11.6 Å². The van der Waals surface area contributed by atoms with Crippen LogP contribution in [0.15, 0.2) is 28.9 Å². The molecule has 2 N–H and O–H groups in total. The van der Waals surface area contributed by atoms with Gasteiger partial charge in [0.1, 0.15) is 0 Å². The largest absolute Gasteiger partial charge is 0.349 e. The molecule has 3 aromatic rings. The smallest absolute Gasteiger partial charge is 0.240 e. The van der Waals surface area contributed by atoms with Crippen molar-refractivity contribution in [1.29, 1.82) is 0 Å². The molecule has 0 aliphatic carbocycles. The van der Waals surface area contributed by atoms with Gasteiger partial charge in [-0.15, -0.1) is 0 Å². The number of nitrogens with two attached hydrogens (primary N) is 1. The molecule has 0 bridgehead atoms. The van der Waals surface area contributed by atoms with E-state index >= 15 is 0 Å². The Kier molecular flexibility index (Phi) is 2.57. The molecule has 0 saturated heterocycles. The zero-order valence-electron chi connectivity index (χ0n) is 9.72. The van der Waals surface area contributed by atoms with Crippen LogP contribution in [-0.4, -0.2) is 14.7 Å². The van der Waals surface area contributed by atoms with E-state index in [9.17, 15) is 0 Å². The van der Waals surface area contributed by atoms with Crippen LogP contribution in [-0.2, 0) is 13.6 Å². The molecule has 5 nitrogen and oxygen atoms in total. The summed E-state index contributed by atoms with van der Waals surface area (Å²) in [5.74, 6) is 0.946. The highest BCUT2D eigenvalue weighted by Gasteiger charge is 2.10. The maximum Gasteiger partial charge on any atom is 0.240 e. The molecular formula is C12H11ClN4O. The third kappa shape index (κ3) is 1.68. The van der Waals surface area contributed by atoms with Crippen LogP contribution in [0, 0.1) is 0 Å². The van der Waals surface area contributed by atoms with Gasteiger partial charge in [-0.3, -0.25) is 0 Å². The average Bonchev–Trinajstić information content (AvgIpc) is 2.95. The lowest BCUT2D eigenvalue weighted by atomic mass is 10.1. The highest BCUT2D eigenvalue weighted by atomic mass is 35.5. The molecule has 0 unspecified atom stereocenters. The zero-order valence-corrected chi connectivity index (χ0v) is 10.5. The van der Waals surface area contributed by atoms with Gasteiger partial charge in [0.2, 0.25) is 11.7 Å². The van der Waals surface area contributed by atoms with Crippen LogP contribution in [0.4, 0.5) is 0 Å². The molecule has 0 amide bonds. The molecule has 0 atom stereocenters. The molecule has 6 heteroatoms. The monoisotopic (exact) mass is 262 g/mol. The maximum absolute atomic E-state index is 6.16. The molecule has 2 heterocycles. The zero-order chi connectivity index (χ0) is 12.7. The van der Waals surface area contributed by atoms with Crippen molar-refractivity contribution < 1.29 is 4.52 Å². The standard InChI is InChI=1S/C12H11ClN4O/c1-17-6-9(13)8-4-7(2-3-10(8)17)12-15-11(5-14)18-16-12/h2-4,6H,5,14H2,1H3. The van der Waals surface area contributed by atoms with Crippen molar-refractivity contribution in [3.63, 3.8) is 0 Å². The Hall–Kier alpha value is -1.85. The summed E-state index contributed by atoms with van der Waals surface area (Å²) in [4.78, 5) is 4.19. The Morgan fingerprint density at radius 2 is 2.28 bits per heavy atom. The van der Waals surface area contributed by atoms with Crippen molar-refractivity contribution in [3.05, 3.63) is 35.3 Å². The third-order valence-corrected chi connectivity index (χ3v) is 3.14. The Labute approximate surface area is 108 Å². The highest BCUT2D eigenvalue weighted by Crippen LogP contribution is 2.29. The Morgan fingerprint density at radius 1 is 1.44 bits per heavy atom. The molecule has 0 saturated carbocycles. The summed E-state index contributed by atoms with van der Waals surface area (Å²) in [7, 11) is 1.95. The molecule has 2 aromatic heterocycles. The van der Waals surface area contributed by atoms with Crippen molar-refractivity contribution in [2.45, 2.75) is 6.54 Å². The van der Waals surface area contributed by atoms with Crippen LogP contribution < -0.4 is 5.73 Å². The number of fused-ring (bicyclic) bond motifs is 1. The van der Waals surface area contributed by atoms with Gasteiger partial charge >= 0.3 is 0 Å². The highest BCUT2D eigenvalue weighted by molar-refractivity contribution is 6.35. The number of hydrogen-bond acceptors (Lipinski definition) is 4. The second-order valence-electron chi connectivity index (χ2n) is 4.04. The van der Waals surface area contributed by atoms with E-state index in [1.165, 1.54) is 0 Å².